The van der Waals surface area contributed by atoms with Crippen LogP contribution in [0.4, 0.5) is 5.82 Å². The summed E-state index contributed by atoms with van der Waals surface area (Å²) in [6.45, 7) is 2.51. The molecule has 0 radical (unpaired) electrons. The van der Waals surface area contributed by atoms with Crippen LogP contribution in [0.1, 0.15) is 24.5 Å². The van der Waals surface area contributed by atoms with Crippen molar-refractivity contribution >= 4 is 5.82 Å². The molecule has 0 spiro atoms. The number of rotatable bonds is 4. The highest BCUT2D eigenvalue weighted by molar-refractivity contribution is 5.48. The van der Waals surface area contributed by atoms with E-state index in [1.54, 1.807) is 35.4 Å². The van der Waals surface area contributed by atoms with Crippen LogP contribution in [-0.2, 0) is 6.54 Å². The first-order valence-corrected chi connectivity index (χ1v) is 7.39. The van der Waals surface area contributed by atoms with Gasteiger partial charge >= 0.3 is 0 Å². The third-order valence-electron chi connectivity index (χ3n) is 4.14. The van der Waals surface area contributed by atoms with Gasteiger partial charge in [0.25, 0.3) is 5.56 Å². The summed E-state index contributed by atoms with van der Waals surface area (Å²) in [7, 11) is 0. The van der Waals surface area contributed by atoms with E-state index in [0.29, 0.717) is 18.4 Å². The number of aromatic nitrogens is 4. The SMILES string of the molecule is O=c1cccnn1CC1CN(c2nccnc2C2CC2)C1. The standard InChI is InChI=1S/C15H17N5O/c21-13-2-1-5-18-20(13)10-11-8-19(9-11)15-14(12-3-4-12)16-6-7-17-15/h1-2,5-7,11-12H,3-4,8-10H2. The summed E-state index contributed by atoms with van der Waals surface area (Å²) in [5, 5.41) is 4.11. The van der Waals surface area contributed by atoms with Gasteiger partial charge in [-0.3, -0.25) is 9.78 Å². The van der Waals surface area contributed by atoms with Gasteiger partial charge in [-0.25, -0.2) is 9.67 Å². The van der Waals surface area contributed by atoms with Gasteiger partial charge < -0.3 is 4.90 Å². The third kappa shape index (κ3) is 2.41. The lowest BCUT2D eigenvalue weighted by Crippen LogP contribution is -2.50. The number of anilines is 1. The smallest absolute Gasteiger partial charge is 0.266 e. The summed E-state index contributed by atoms with van der Waals surface area (Å²) in [5.41, 5.74) is 1.11. The van der Waals surface area contributed by atoms with Gasteiger partial charge in [0.05, 0.1) is 12.2 Å². The van der Waals surface area contributed by atoms with E-state index in [9.17, 15) is 4.79 Å². The Kier molecular flexibility index (Phi) is 2.94. The molecule has 6 nitrogen and oxygen atoms in total. The van der Waals surface area contributed by atoms with Crippen LogP contribution in [0.25, 0.3) is 0 Å². The normalized spacial score (nSPS) is 18.6. The minimum atomic E-state index is -0.0332. The molecule has 108 valence electrons. The minimum absolute atomic E-state index is 0.0332. The minimum Gasteiger partial charge on any atom is -0.354 e. The van der Waals surface area contributed by atoms with Crippen molar-refractivity contribution in [3.63, 3.8) is 0 Å². The van der Waals surface area contributed by atoms with Crippen LogP contribution in [0, 0.1) is 5.92 Å². The molecular formula is C15H17N5O. The number of hydrogen-bond donors (Lipinski definition) is 0. The highest BCUT2D eigenvalue weighted by Crippen LogP contribution is 2.43. The first-order valence-electron chi connectivity index (χ1n) is 7.39. The second kappa shape index (κ2) is 4.95. The molecule has 1 aliphatic heterocycles. The van der Waals surface area contributed by atoms with Gasteiger partial charge in [0.1, 0.15) is 0 Å². The molecule has 0 N–H and O–H groups in total. The van der Waals surface area contributed by atoms with E-state index in [1.165, 1.54) is 12.8 Å². The fourth-order valence-electron chi connectivity index (χ4n) is 2.86. The average Bonchev–Trinajstić information content (AvgIpc) is 3.29. The van der Waals surface area contributed by atoms with Crippen molar-refractivity contribution in [2.24, 2.45) is 5.92 Å². The summed E-state index contributed by atoms with van der Waals surface area (Å²) in [6.07, 6.45) is 7.66. The molecule has 2 aromatic rings. The fourth-order valence-corrected chi connectivity index (χ4v) is 2.86. The summed E-state index contributed by atoms with van der Waals surface area (Å²) in [5.74, 6) is 2.09. The van der Waals surface area contributed by atoms with Gasteiger partial charge in [-0.1, -0.05) is 0 Å². The van der Waals surface area contributed by atoms with E-state index in [2.05, 4.69) is 20.0 Å². The van der Waals surface area contributed by atoms with Gasteiger partial charge in [0.15, 0.2) is 5.82 Å². The predicted molar refractivity (Wildman–Crippen MR) is 78.2 cm³/mol. The van der Waals surface area contributed by atoms with Crippen LogP contribution in [-0.4, -0.2) is 32.8 Å². The lowest BCUT2D eigenvalue weighted by molar-refractivity contribution is 0.332. The first-order chi connectivity index (χ1) is 10.3. The quantitative estimate of drug-likeness (QED) is 0.839. The maximum absolute atomic E-state index is 11.7. The molecule has 2 aromatic heterocycles. The lowest BCUT2D eigenvalue weighted by atomic mass is 9.99. The van der Waals surface area contributed by atoms with Crippen molar-refractivity contribution in [3.8, 4) is 0 Å². The number of hydrogen-bond acceptors (Lipinski definition) is 5. The van der Waals surface area contributed by atoms with E-state index < -0.39 is 0 Å². The predicted octanol–water partition coefficient (Wildman–Crippen LogP) is 1.05. The highest BCUT2D eigenvalue weighted by atomic mass is 16.1. The Morgan fingerprint density at radius 2 is 1.95 bits per heavy atom. The second-order valence-corrected chi connectivity index (χ2v) is 5.85. The van der Waals surface area contributed by atoms with Crippen LogP contribution < -0.4 is 10.5 Å². The average molecular weight is 283 g/mol. The van der Waals surface area contributed by atoms with Crippen LogP contribution in [0.3, 0.4) is 0 Å². The molecule has 21 heavy (non-hydrogen) atoms. The van der Waals surface area contributed by atoms with E-state index in [-0.39, 0.29) is 5.56 Å². The zero-order valence-electron chi connectivity index (χ0n) is 11.7. The number of nitrogens with zero attached hydrogens (tertiary/aromatic N) is 5. The van der Waals surface area contributed by atoms with Gasteiger partial charge in [-0.2, -0.15) is 5.10 Å². The van der Waals surface area contributed by atoms with Gasteiger partial charge in [0.2, 0.25) is 0 Å². The molecule has 0 atom stereocenters. The van der Waals surface area contributed by atoms with E-state index in [0.717, 1.165) is 24.6 Å². The van der Waals surface area contributed by atoms with Crippen molar-refractivity contribution in [2.75, 3.05) is 18.0 Å². The maximum atomic E-state index is 11.7. The monoisotopic (exact) mass is 283 g/mol. The van der Waals surface area contributed by atoms with Crippen molar-refractivity contribution in [3.05, 3.63) is 46.8 Å². The van der Waals surface area contributed by atoms with E-state index in [1.807, 2.05) is 0 Å². The largest absolute Gasteiger partial charge is 0.354 e. The Morgan fingerprint density at radius 1 is 1.14 bits per heavy atom. The van der Waals surface area contributed by atoms with Crippen LogP contribution >= 0.6 is 0 Å². The van der Waals surface area contributed by atoms with Crippen molar-refractivity contribution in [1.29, 1.82) is 0 Å². The van der Waals surface area contributed by atoms with Crippen LogP contribution in [0.15, 0.2) is 35.5 Å². The Labute approximate surface area is 122 Å². The zero-order chi connectivity index (χ0) is 14.2. The molecule has 6 heteroatoms. The maximum Gasteiger partial charge on any atom is 0.266 e. The van der Waals surface area contributed by atoms with E-state index in [4.69, 9.17) is 0 Å². The molecule has 1 saturated carbocycles. The van der Waals surface area contributed by atoms with Gasteiger partial charge in [-0.15, -0.1) is 0 Å². The summed E-state index contributed by atoms with van der Waals surface area (Å²) in [4.78, 5) is 22.9. The van der Waals surface area contributed by atoms with Crippen molar-refractivity contribution < 1.29 is 0 Å². The topological polar surface area (TPSA) is 63.9 Å². The summed E-state index contributed by atoms with van der Waals surface area (Å²) >= 11 is 0. The molecule has 0 aromatic carbocycles. The molecule has 0 unspecified atom stereocenters. The molecule has 1 saturated heterocycles. The molecule has 1 aliphatic carbocycles. The van der Waals surface area contributed by atoms with Gasteiger partial charge in [0, 0.05) is 49.6 Å². The molecule has 0 bridgehead atoms. The van der Waals surface area contributed by atoms with Crippen molar-refractivity contribution in [2.45, 2.75) is 25.3 Å². The first kappa shape index (κ1) is 12.5. The molecule has 4 rings (SSSR count). The van der Waals surface area contributed by atoms with Crippen LogP contribution in [0.5, 0.6) is 0 Å². The summed E-state index contributed by atoms with van der Waals surface area (Å²) < 4.78 is 1.54. The Balaban J connectivity index is 1.44. The second-order valence-electron chi connectivity index (χ2n) is 5.85. The molecule has 2 fully saturated rings. The lowest BCUT2D eigenvalue weighted by Gasteiger charge is -2.40. The molecule has 0 amide bonds. The fraction of sp³-hybridized carbons (Fsp3) is 0.467. The zero-order valence-corrected chi connectivity index (χ0v) is 11.7. The van der Waals surface area contributed by atoms with Crippen LogP contribution in [0.2, 0.25) is 0 Å². The molecule has 2 aliphatic rings. The molecule has 3 heterocycles. The highest BCUT2D eigenvalue weighted by Gasteiger charge is 2.34. The Morgan fingerprint density at radius 3 is 2.71 bits per heavy atom. The Hall–Kier alpha value is -2.24. The summed E-state index contributed by atoms with van der Waals surface area (Å²) in [6, 6.07) is 3.23. The Bertz CT molecular complexity index is 703. The molecular weight excluding hydrogens is 266 g/mol. The van der Waals surface area contributed by atoms with Gasteiger partial charge in [-0.05, 0) is 18.9 Å². The van der Waals surface area contributed by atoms with Crippen molar-refractivity contribution in [1.82, 2.24) is 19.7 Å². The van der Waals surface area contributed by atoms with E-state index >= 15 is 0 Å². The third-order valence-corrected chi connectivity index (χ3v) is 4.14.